The van der Waals surface area contributed by atoms with Crippen molar-refractivity contribution in [1.82, 2.24) is 19.6 Å². The Hall–Kier alpha value is -5.90. The standard InChI is InChI=1S/C36H28F2N6O2/c1-43-35-28(30(41-43)21-9-5-3-6-10-21)27(32(45)23-13-17-25(37)18-14-23)29-31(22-11-7-4-8-12-22)42-44(2)36(29)40-34(39-35)33(46)24-15-19-26(38)20-16-24/h3-20,27,34,39-40H,1-2H3. The zero-order chi connectivity index (χ0) is 31.9. The van der Waals surface area contributed by atoms with Gasteiger partial charge in [0.15, 0.2) is 11.9 Å². The van der Waals surface area contributed by atoms with Gasteiger partial charge in [0, 0.05) is 47.5 Å². The second-order valence-electron chi connectivity index (χ2n) is 11.1. The fraction of sp³-hybridized carbons (Fsp3) is 0.111. The van der Waals surface area contributed by atoms with Crippen molar-refractivity contribution >= 4 is 23.2 Å². The summed E-state index contributed by atoms with van der Waals surface area (Å²) in [6.45, 7) is 0. The van der Waals surface area contributed by atoms with Gasteiger partial charge in [-0.3, -0.25) is 19.0 Å². The lowest BCUT2D eigenvalue weighted by atomic mass is 9.81. The van der Waals surface area contributed by atoms with Crippen LogP contribution in [0.3, 0.4) is 0 Å². The van der Waals surface area contributed by atoms with Crippen LogP contribution >= 0.6 is 0 Å². The number of aryl methyl sites for hydroxylation is 2. The van der Waals surface area contributed by atoms with Crippen molar-refractivity contribution < 1.29 is 18.4 Å². The molecule has 228 valence electrons. The van der Waals surface area contributed by atoms with Crippen molar-refractivity contribution in [2.75, 3.05) is 10.6 Å². The minimum Gasteiger partial charge on any atom is -0.344 e. The quantitative estimate of drug-likeness (QED) is 0.200. The number of ketones is 2. The van der Waals surface area contributed by atoms with E-state index < -0.39 is 23.7 Å². The Morgan fingerprint density at radius 1 is 0.587 bits per heavy atom. The van der Waals surface area contributed by atoms with E-state index in [1.165, 1.54) is 48.5 Å². The summed E-state index contributed by atoms with van der Waals surface area (Å²) in [5, 5.41) is 16.4. The summed E-state index contributed by atoms with van der Waals surface area (Å²) in [5.74, 6) is -1.69. The summed E-state index contributed by atoms with van der Waals surface area (Å²) < 4.78 is 31.1. The lowest BCUT2D eigenvalue weighted by Crippen LogP contribution is -2.40. The van der Waals surface area contributed by atoms with E-state index in [4.69, 9.17) is 10.2 Å². The van der Waals surface area contributed by atoms with Crippen molar-refractivity contribution in [1.29, 1.82) is 0 Å². The van der Waals surface area contributed by atoms with Crippen molar-refractivity contribution in [2.45, 2.75) is 12.1 Å². The summed E-state index contributed by atoms with van der Waals surface area (Å²) in [4.78, 5) is 28.8. The second-order valence-corrected chi connectivity index (χ2v) is 11.1. The largest absolute Gasteiger partial charge is 0.344 e. The van der Waals surface area contributed by atoms with Gasteiger partial charge in [-0.25, -0.2) is 8.78 Å². The second kappa shape index (κ2) is 11.6. The zero-order valence-electron chi connectivity index (χ0n) is 24.9. The summed E-state index contributed by atoms with van der Waals surface area (Å²) >= 11 is 0. The topological polar surface area (TPSA) is 93.8 Å². The van der Waals surface area contributed by atoms with Crippen LogP contribution in [0.1, 0.15) is 37.8 Å². The Kier molecular flexibility index (Phi) is 7.24. The third-order valence-corrected chi connectivity index (χ3v) is 8.18. The average Bonchev–Trinajstić information content (AvgIpc) is 3.56. The van der Waals surface area contributed by atoms with Gasteiger partial charge >= 0.3 is 0 Å². The lowest BCUT2D eigenvalue weighted by Gasteiger charge is -2.29. The molecular formula is C36H28F2N6O2. The molecule has 0 saturated carbocycles. The van der Waals surface area contributed by atoms with Gasteiger partial charge in [0.05, 0.1) is 17.3 Å². The number of hydrogen-bond donors (Lipinski definition) is 2. The van der Waals surface area contributed by atoms with E-state index in [1.807, 2.05) is 60.7 Å². The highest BCUT2D eigenvalue weighted by Gasteiger charge is 2.41. The first-order valence-electron chi connectivity index (χ1n) is 14.7. The van der Waals surface area contributed by atoms with Crippen LogP contribution in [0.5, 0.6) is 0 Å². The first-order chi connectivity index (χ1) is 22.3. The van der Waals surface area contributed by atoms with Crippen LogP contribution in [0.15, 0.2) is 109 Å². The number of carbonyl (C=O) groups excluding carboxylic acids is 2. The van der Waals surface area contributed by atoms with Crippen LogP contribution in [0.25, 0.3) is 22.5 Å². The van der Waals surface area contributed by atoms with E-state index in [9.17, 15) is 18.4 Å². The Labute approximate surface area is 263 Å². The van der Waals surface area contributed by atoms with Gasteiger partial charge in [0.2, 0.25) is 5.78 Å². The molecule has 0 fully saturated rings. The van der Waals surface area contributed by atoms with E-state index in [-0.39, 0.29) is 17.1 Å². The molecule has 46 heavy (non-hydrogen) atoms. The molecule has 8 nitrogen and oxygen atoms in total. The minimum atomic E-state index is -1.05. The fourth-order valence-electron chi connectivity index (χ4n) is 6.00. The third kappa shape index (κ3) is 5.03. The van der Waals surface area contributed by atoms with Gasteiger partial charge in [0.25, 0.3) is 0 Å². The summed E-state index contributed by atoms with van der Waals surface area (Å²) in [7, 11) is 3.47. The van der Waals surface area contributed by atoms with E-state index >= 15 is 0 Å². The van der Waals surface area contributed by atoms with Gasteiger partial charge in [-0.2, -0.15) is 10.2 Å². The van der Waals surface area contributed by atoms with Crippen molar-refractivity contribution in [2.24, 2.45) is 14.1 Å². The first kappa shape index (κ1) is 28.8. The Bertz CT molecular complexity index is 1980. The van der Waals surface area contributed by atoms with E-state index in [0.29, 0.717) is 39.7 Å². The smallest absolute Gasteiger partial charge is 0.205 e. The molecule has 0 aliphatic carbocycles. The van der Waals surface area contributed by atoms with Crippen molar-refractivity contribution in [3.05, 3.63) is 143 Å². The normalized spacial score (nSPS) is 15.5. The SMILES string of the molecule is Cn1nc(-c2ccccc2)c2c1NC(C(=O)c1ccc(F)cc1)Nc1c(c(-c3ccccc3)nn1C)C2C(=O)c1ccc(F)cc1. The molecule has 0 atom stereocenters. The molecule has 0 unspecified atom stereocenters. The monoisotopic (exact) mass is 614 g/mol. The van der Waals surface area contributed by atoms with Crippen LogP contribution in [-0.2, 0) is 14.1 Å². The number of nitrogens with zero attached hydrogens (tertiary/aromatic N) is 4. The molecule has 0 bridgehead atoms. The lowest BCUT2D eigenvalue weighted by molar-refractivity contribution is 0.0972. The molecule has 0 radical (unpaired) electrons. The molecular weight excluding hydrogens is 586 g/mol. The maximum absolute atomic E-state index is 14.8. The number of nitrogens with one attached hydrogen (secondary N) is 2. The van der Waals surface area contributed by atoms with Crippen LogP contribution in [0.4, 0.5) is 20.4 Å². The average molecular weight is 615 g/mol. The highest BCUT2D eigenvalue weighted by molar-refractivity contribution is 6.08. The van der Waals surface area contributed by atoms with Gasteiger partial charge in [-0.1, -0.05) is 60.7 Å². The number of rotatable bonds is 6. The van der Waals surface area contributed by atoms with Gasteiger partial charge < -0.3 is 10.6 Å². The summed E-state index contributed by atoms with van der Waals surface area (Å²) in [6.07, 6.45) is -1.05. The van der Waals surface area contributed by atoms with E-state index in [0.717, 1.165) is 11.1 Å². The number of fused-ring (bicyclic) bond motifs is 2. The zero-order valence-corrected chi connectivity index (χ0v) is 24.9. The van der Waals surface area contributed by atoms with Crippen molar-refractivity contribution in [3.8, 4) is 22.5 Å². The first-order valence-corrected chi connectivity index (χ1v) is 14.7. The summed E-state index contributed by atoms with van der Waals surface area (Å²) in [6, 6.07) is 29.7. The maximum atomic E-state index is 14.8. The fourth-order valence-corrected chi connectivity index (χ4v) is 6.00. The van der Waals surface area contributed by atoms with Gasteiger partial charge in [0.1, 0.15) is 23.3 Å². The molecule has 6 aromatic rings. The number of Topliss-reactive ketones (excluding diaryl/α,β-unsaturated/α-hetero) is 2. The van der Waals surface area contributed by atoms with Crippen LogP contribution in [-0.4, -0.2) is 37.3 Å². The molecule has 2 aromatic heterocycles. The third-order valence-electron chi connectivity index (χ3n) is 8.18. The molecule has 10 heteroatoms. The highest BCUT2D eigenvalue weighted by atomic mass is 19.1. The highest BCUT2D eigenvalue weighted by Crippen LogP contribution is 2.47. The molecule has 0 spiro atoms. The number of benzene rings is 4. The van der Waals surface area contributed by atoms with Crippen molar-refractivity contribution in [3.63, 3.8) is 0 Å². The molecule has 1 aliphatic heterocycles. The summed E-state index contributed by atoms with van der Waals surface area (Å²) in [5.41, 5.74) is 4.25. The number of carbonyl (C=O) groups is 2. The Morgan fingerprint density at radius 3 is 1.39 bits per heavy atom. The van der Waals surface area contributed by atoms with Crippen LogP contribution < -0.4 is 10.6 Å². The molecule has 0 amide bonds. The molecule has 1 aliphatic rings. The minimum absolute atomic E-state index is 0.282. The number of halogens is 2. The predicted octanol–water partition coefficient (Wildman–Crippen LogP) is 6.83. The predicted molar refractivity (Wildman–Crippen MR) is 172 cm³/mol. The van der Waals surface area contributed by atoms with E-state index in [2.05, 4.69) is 10.6 Å². The molecule has 2 N–H and O–H groups in total. The van der Waals surface area contributed by atoms with E-state index in [1.54, 1.807) is 23.5 Å². The molecule has 4 aromatic carbocycles. The number of anilines is 2. The molecule has 0 saturated heterocycles. The maximum Gasteiger partial charge on any atom is 0.205 e. The molecule has 3 heterocycles. The van der Waals surface area contributed by atoms with Gasteiger partial charge in [-0.15, -0.1) is 0 Å². The van der Waals surface area contributed by atoms with Crippen LogP contribution in [0, 0.1) is 11.6 Å². The van der Waals surface area contributed by atoms with Gasteiger partial charge in [-0.05, 0) is 48.5 Å². The Morgan fingerprint density at radius 2 is 0.978 bits per heavy atom. The molecule has 7 rings (SSSR count). The van der Waals surface area contributed by atoms with Crippen LogP contribution in [0.2, 0.25) is 0 Å². The number of hydrogen-bond acceptors (Lipinski definition) is 6. The number of aromatic nitrogens is 4. The Balaban J connectivity index is 1.54.